The van der Waals surface area contributed by atoms with Crippen molar-refractivity contribution in [3.05, 3.63) is 30.1 Å². The molecule has 1 aromatic carbocycles. The van der Waals surface area contributed by atoms with Crippen molar-refractivity contribution < 1.29 is 22.3 Å². The van der Waals surface area contributed by atoms with Gasteiger partial charge in [0.15, 0.2) is 5.52 Å². The highest BCUT2D eigenvalue weighted by atomic mass is 35.5. The number of aromatic amines is 1. The van der Waals surface area contributed by atoms with Crippen LogP contribution in [-0.4, -0.2) is 10.2 Å². The summed E-state index contributed by atoms with van der Waals surface area (Å²) in [5.74, 6) is 0. The largest absolute Gasteiger partial charge is 1.00 e. The van der Waals surface area contributed by atoms with Crippen LogP contribution in [0.1, 0.15) is 5.56 Å². The summed E-state index contributed by atoms with van der Waals surface area (Å²) in [6.45, 7) is 1.99. The van der Waals surface area contributed by atoms with E-state index in [9.17, 15) is 5.21 Å². The topological polar surface area (TPSA) is 39.9 Å². The molecule has 1 heterocycles. The molecule has 0 saturated carbocycles. The molecule has 0 saturated heterocycles. The van der Waals surface area contributed by atoms with Crippen molar-refractivity contribution in [1.82, 2.24) is 4.98 Å². The fraction of sp³-hybridized carbons (Fsp3) is 0.125. The first-order valence-corrected chi connectivity index (χ1v) is 3.46. The first-order chi connectivity index (χ1) is 5.27. The standard InChI is InChI=1S/C8H8N2O.ClH/c1-6-2-3-7-8(4-6)10(11)5-9-7;/h2-5,11H,1H3;1H. The Morgan fingerprint density at radius 1 is 1.42 bits per heavy atom. The van der Waals surface area contributed by atoms with Gasteiger partial charge in [-0.05, 0) is 29.4 Å². The van der Waals surface area contributed by atoms with E-state index in [0.717, 1.165) is 21.3 Å². The first kappa shape index (κ1) is 8.87. The van der Waals surface area contributed by atoms with E-state index in [-0.39, 0.29) is 12.4 Å². The molecular formula is C8H9ClN2O. The molecule has 0 aliphatic heterocycles. The maximum atomic E-state index is 9.22. The zero-order valence-electron chi connectivity index (χ0n) is 6.58. The quantitative estimate of drug-likeness (QED) is 0.361. The Balaban J connectivity index is 0.000000720. The predicted molar refractivity (Wildman–Crippen MR) is 40.4 cm³/mol. The van der Waals surface area contributed by atoms with Crippen LogP contribution in [0.5, 0.6) is 0 Å². The van der Waals surface area contributed by atoms with Gasteiger partial charge in [-0.25, -0.2) is 4.98 Å². The summed E-state index contributed by atoms with van der Waals surface area (Å²) < 4.78 is 1.09. The molecule has 0 bridgehead atoms. The second kappa shape index (κ2) is 3.03. The van der Waals surface area contributed by atoms with E-state index >= 15 is 0 Å². The molecule has 0 radical (unpaired) electrons. The molecule has 1 aromatic heterocycles. The lowest BCUT2D eigenvalue weighted by Gasteiger charge is -1.87. The first-order valence-electron chi connectivity index (χ1n) is 3.46. The van der Waals surface area contributed by atoms with E-state index in [2.05, 4.69) is 4.98 Å². The number of H-pyrrole nitrogens is 1. The van der Waals surface area contributed by atoms with Crippen LogP contribution in [-0.2, 0) is 0 Å². The number of rotatable bonds is 0. The van der Waals surface area contributed by atoms with Gasteiger partial charge in [0.25, 0.3) is 6.33 Å². The average molecular weight is 185 g/mol. The van der Waals surface area contributed by atoms with Gasteiger partial charge in [-0.2, -0.15) is 0 Å². The number of hydrogen-bond acceptors (Lipinski definition) is 1. The summed E-state index contributed by atoms with van der Waals surface area (Å²) in [5.41, 5.74) is 2.89. The molecule has 3 nitrogen and oxygen atoms in total. The molecule has 0 spiro atoms. The summed E-state index contributed by atoms with van der Waals surface area (Å²) in [6, 6.07) is 5.86. The van der Waals surface area contributed by atoms with Crippen LogP contribution in [0.15, 0.2) is 24.5 Å². The van der Waals surface area contributed by atoms with Crippen LogP contribution in [0.2, 0.25) is 0 Å². The highest BCUT2D eigenvalue weighted by Gasteiger charge is 2.06. The van der Waals surface area contributed by atoms with Crippen LogP contribution in [0.4, 0.5) is 0 Å². The number of nitrogens with zero attached hydrogens (tertiary/aromatic N) is 1. The van der Waals surface area contributed by atoms with Crippen molar-refractivity contribution in [3.8, 4) is 0 Å². The Labute approximate surface area is 76.0 Å². The third-order valence-electron chi connectivity index (χ3n) is 1.74. The molecule has 4 heteroatoms. The molecule has 0 aliphatic rings. The molecule has 0 fully saturated rings. The second-order valence-corrected chi connectivity index (χ2v) is 2.64. The van der Waals surface area contributed by atoms with E-state index in [1.54, 1.807) is 0 Å². The second-order valence-electron chi connectivity index (χ2n) is 2.64. The summed E-state index contributed by atoms with van der Waals surface area (Å²) >= 11 is 0. The van der Waals surface area contributed by atoms with E-state index < -0.39 is 0 Å². The normalized spacial score (nSPS) is 9.75. The smallest absolute Gasteiger partial charge is 0.283 e. The Hall–Kier alpha value is -1.22. The molecule has 64 valence electrons. The highest BCUT2D eigenvalue weighted by Crippen LogP contribution is 2.08. The third-order valence-corrected chi connectivity index (χ3v) is 1.74. The van der Waals surface area contributed by atoms with Gasteiger partial charge in [0.2, 0.25) is 5.52 Å². The zero-order valence-corrected chi connectivity index (χ0v) is 7.34. The minimum absolute atomic E-state index is 0. The number of benzene rings is 1. The number of hydrogen-bond donors (Lipinski definition) is 2. The highest BCUT2D eigenvalue weighted by molar-refractivity contribution is 5.71. The lowest BCUT2D eigenvalue weighted by molar-refractivity contribution is -0.884. The van der Waals surface area contributed by atoms with Crippen molar-refractivity contribution >= 4 is 11.0 Å². The lowest BCUT2D eigenvalue weighted by atomic mass is 10.2. The third kappa shape index (κ3) is 1.23. The number of nitrogens with one attached hydrogen (secondary N) is 1. The maximum absolute atomic E-state index is 9.22. The van der Waals surface area contributed by atoms with Crippen molar-refractivity contribution in [2.45, 2.75) is 6.92 Å². The Morgan fingerprint density at radius 3 is 2.92 bits per heavy atom. The maximum Gasteiger partial charge on any atom is 0.283 e. The molecule has 2 rings (SSSR count). The minimum atomic E-state index is 0. The van der Waals surface area contributed by atoms with Crippen molar-refractivity contribution in [2.75, 3.05) is 0 Å². The Morgan fingerprint density at radius 2 is 2.17 bits per heavy atom. The molecule has 2 N–H and O–H groups in total. The number of fused-ring (bicyclic) bond motifs is 1. The molecule has 0 amide bonds. The van der Waals surface area contributed by atoms with Crippen molar-refractivity contribution in [1.29, 1.82) is 0 Å². The van der Waals surface area contributed by atoms with Gasteiger partial charge >= 0.3 is 0 Å². The van der Waals surface area contributed by atoms with E-state index in [4.69, 9.17) is 0 Å². The number of halogens is 1. The summed E-state index contributed by atoms with van der Waals surface area (Å²) in [6.07, 6.45) is 1.52. The SMILES string of the molecule is Cc1ccc2[nH]c[n+](O)c2c1.[Cl-]. The molecular weight excluding hydrogens is 176 g/mol. The van der Waals surface area contributed by atoms with Gasteiger partial charge in [-0.3, -0.25) is 0 Å². The molecule has 2 aromatic rings. The van der Waals surface area contributed by atoms with E-state index in [1.165, 1.54) is 6.33 Å². The van der Waals surface area contributed by atoms with Crippen LogP contribution in [0.25, 0.3) is 11.0 Å². The summed E-state index contributed by atoms with van der Waals surface area (Å²) in [4.78, 5) is 2.93. The summed E-state index contributed by atoms with van der Waals surface area (Å²) in [5, 5.41) is 9.22. The number of aryl methyl sites for hydroxylation is 1. The molecule has 0 aliphatic carbocycles. The number of imidazole rings is 1. The molecule has 0 atom stereocenters. The molecule has 0 unspecified atom stereocenters. The van der Waals surface area contributed by atoms with Crippen LogP contribution in [0.3, 0.4) is 0 Å². The van der Waals surface area contributed by atoms with Gasteiger partial charge in [-0.1, -0.05) is 6.07 Å². The average Bonchev–Trinajstić information content (AvgIpc) is 2.33. The van der Waals surface area contributed by atoms with E-state index in [0.29, 0.717) is 0 Å². The molecule has 12 heavy (non-hydrogen) atoms. The van der Waals surface area contributed by atoms with Gasteiger partial charge in [0.05, 0.1) is 0 Å². The Kier molecular flexibility index (Phi) is 2.24. The lowest BCUT2D eigenvalue weighted by Crippen LogP contribution is -3.00. The van der Waals surface area contributed by atoms with Crippen LogP contribution >= 0.6 is 0 Å². The van der Waals surface area contributed by atoms with Gasteiger partial charge in [0.1, 0.15) is 0 Å². The zero-order chi connectivity index (χ0) is 7.84. The Bertz CT molecular complexity index is 397. The monoisotopic (exact) mass is 184 g/mol. The van der Waals surface area contributed by atoms with Crippen LogP contribution in [0, 0.1) is 6.92 Å². The summed E-state index contributed by atoms with van der Waals surface area (Å²) in [7, 11) is 0. The number of aromatic nitrogens is 2. The minimum Gasteiger partial charge on any atom is -1.00 e. The van der Waals surface area contributed by atoms with Crippen molar-refractivity contribution in [3.63, 3.8) is 0 Å². The van der Waals surface area contributed by atoms with Gasteiger partial charge in [-0.15, -0.1) is 0 Å². The van der Waals surface area contributed by atoms with Crippen LogP contribution < -0.4 is 17.1 Å². The van der Waals surface area contributed by atoms with E-state index in [1.807, 2.05) is 25.1 Å². The fourth-order valence-electron chi connectivity index (χ4n) is 1.15. The fourth-order valence-corrected chi connectivity index (χ4v) is 1.15. The van der Waals surface area contributed by atoms with Crippen molar-refractivity contribution in [2.24, 2.45) is 0 Å². The predicted octanol–water partition coefficient (Wildman–Crippen LogP) is -1.99. The van der Waals surface area contributed by atoms with Gasteiger partial charge in [0, 0.05) is 0 Å². The van der Waals surface area contributed by atoms with Gasteiger partial charge < -0.3 is 17.6 Å².